The van der Waals surface area contributed by atoms with Gasteiger partial charge in [-0.25, -0.2) is 4.79 Å². The first-order chi connectivity index (χ1) is 10.2. The Balaban J connectivity index is 1.86. The van der Waals surface area contributed by atoms with Gasteiger partial charge in [0.15, 0.2) is 0 Å². The number of hydrogen-bond acceptors (Lipinski definition) is 3. The Hall–Kier alpha value is -1.30. The van der Waals surface area contributed by atoms with Gasteiger partial charge >= 0.3 is 6.03 Å². The lowest BCUT2D eigenvalue weighted by Gasteiger charge is -2.37. The second-order valence-corrected chi connectivity index (χ2v) is 6.88. The molecule has 1 heterocycles. The number of piperazine rings is 1. The van der Waals surface area contributed by atoms with E-state index in [2.05, 4.69) is 10.2 Å². The molecule has 1 aliphatic rings. The molecule has 122 valence electrons. The first kappa shape index (κ1) is 17.1. The predicted octanol–water partition coefficient (Wildman–Crippen LogP) is 2.57. The fourth-order valence-electron chi connectivity index (χ4n) is 2.53. The van der Waals surface area contributed by atoms with Crippen molar-refractivity contribution in [2.45, 2.75) is 26.4 Å². The molecule has 0 atom stereocenters. The van der Waals surface area contributed by atoms with Gasteiger partial charge in [-0.3, -0.25) is 4.90 Å². The van der Waals surface area contributed by atoms with Crippen LogP contribution in [0.5, 0.6) is 0 Å². The van der Waals surface area contributed by atoms with Gasteiger partial charge < -0.3 is 15.3 Å². The van der Waals surface area contributed by atoms with E-state index in [0.717, 1.165) is 18.7 Å². The number of carbonyl (C=O) groups is 1. The van der Waals surface area contributed by atoms with E-state index in [4.69, 9.17) is 11.6 Å². The van der Waals surface area contributed by atoms with Crippen LogP contribution in [-0.2, 0) is 0 Å². The van der Waals surface area contributed by atoms with Crippen molar-refractivity contribution in [3.8, 4) is 0 Å². The largest absolute Gasteiger partial charge is 0.389 e. The number of hydrogen-bond donors (Lipinski definition) is 2. The molecule has 0 radical (unpaired) electrons. The fraction of sp³-hybridized carbons (Fsp3) is 0.562. The summed E-state index contributed by atoms with van der Waals surface area (Å²) < 4.78 is 0. The highest BCUT2D eigenvalue weighted by Gasteiger charge is 2.25. The maximum atomic E-state index is 12.3. The van der Waals surface area contributed by atoms with E-state index >= 15 is 0 Å². The summed E-state index contributed by atoms with van der Waals surface area (Å²) in [6.07, 6.45) is 0. The number of urea groups is 1. The summed E-state index contributed by atoms with van der Waals surface area (Å²) in [4.78, 5) is 16.2. The number of aliphatic hydroxyl groups is 1. The van der Waals surface area contributed by atoms with Crippen molar-refractivity contribution >= 4 is 23.3 Å². The predicted molar refractivity (Wildman–Crippen MR) is 89.5 cm³/mol. The Bertz CT molecular complexity index is 535. The molecule has 0 spiro atoms. The van der Waals surface area contributed by atoms with Crippen LogP contribution in [0.2, 0.25) is 5.02 Å². The number of carbonyl (C=O) groups excluding carboxylic acids is 1. The lowest BCUT2D eigenvalue weighted by Crippen LogP contribution is -2.52. The second-order valence-electron chi connectivity index (χ2n) is 6.47. The lowest BCUT2D eigenvalue weighted by molar-refractivity contribution is 0.0231. The molecule has 1 aliphatic heterocycles. The number of anilines is 1. The van der Waals surface area contributed by atoms with Crippen LogP contribution in [0.3, 0.4) is 0 Å². The smallest absolute Gasteiger partial charge is 0.321 e. The minimum atomic E-state index is -0.705. The highest BCUT2D eigenvalue weighted by Crippen LogP contribution is 2.20. The van der Waals surface area contributed by atoms with Crippen molar-refractivity contribution in [3.05, 3.63) is 28.8 Å². The van der Waals surface area contributed by atoms with Crippen molar-refractivity contribution < 1.29 is 9.90 Å². The summed E-state index contributed by atoms with van der Waals surface area (Å²) in [5.74, 6) is 0. The first-order valence-corrected chi connectivity index (χ1v) is 7.89. The maximum Gasteiger partial charge on any atom is 0.321 e. The number of halogens is 1. The minimum Gasteiger partial charge on any atom is -0.389 e. The molecule has 1 aromatic carbocycles. The van der Waals surface area contributed by atoms with Crippen LogP contribution >= 0.6 is 11.6 Å². The fourth-order valence-corrected chi connectivity index (χ4v) is 2.71. The Morgan fingerprint density at radius 1 is 1.32 bits per heavy atom. The molecule has 0 bridgehead atoms. The SMILES string of the molecule is Cc1ccc(NC(=O)N2CCN(CC(C)(C)O)CC2)cc1Cl. The third-order valence-electron chi connectivity index (χ3n) is 3.69. The molecule has 2 rings (SSSR count). The molecular weight excluding hydrogens is 302 g/mol. The summed E-state index contributed by atoms with van der Waals surface area (Å²) in [6.45, 7) is 8.99. The van der Waals surface area contributed by atoms with E-state index in [1.807, 2.05) is 19.1 Å². The van der Waals surface area contributed by atoms with E-state index in [1.54, 1.807) is 24.8 Å². The van der Waals surface area contributed by atoms with Crippen molar-refractivity contribution in [2.24, 2.45) is 0 Å². The quantitative estimate of drug-likeness (QED) is 0.898. The van der Waals surface area contributed by atoms with Gasteiger partial charge in [-0.1, -0.05) is 17.7 Å². The average Bonchev–Trinajstić information content (AvgIpc) is 2.42. The van der Waals surface area contributed by atoms with E-state index in [-0.39, 0.29) is 6.03 Å². The van der Waals surface area contributed by atoms with E-state index in [0.29, 0.717) is 30.3 Å². The van der Waals surface area contributed by atoms with Crippen molar-refractivity contribution in [1.29, 1.82) is 0 Å². The van der Waals surface area contributed by atoms with E-state index in [1.165, 1.54) is 0 Å². The topological polar surface area (TPSA) is 55.8 Å². The van der Waals surface area contributed by atoms with Gasteiger partial charge in [0.05, 0.1) is 5.60 Å². The molecule has 0 unspecified atom stereocenters. The van der Waals surface area contributed by atoms with Crippen LogP contribution in [0, 0.1) is 6.92 Å². The second kappa shape index (κ2) is 6.86. The molecule has 0 saturated carbocycles. The number of nitrogens with zero attached hydrogens (tertiary/aromatic N) is 2. The molecular formula is C16H24ClN3O2. The molecule has 2 amide bonds. The highest BCUT2D eigenvalue weighted by molar-refractivity contribution is 6.31. The van der Waals surface area contributed by atoms with Crippen molar-refractivity contribution in [2.75, 3.05) is 38.0 Å². The highest BCUT2D eigenvalue weighted by atomic mass is 35.5. The minimum absolute atomic E-state index is 0.108. The van der Waals surface area contributed by atoms with Crippen molar-refractivity contribution in [3.63, 3.8) is 0 Å². The average molecular weight is 326 g/mol. The van der Waals surface area contributed by atoms with Crippen LogP contribution in [0.1, 0.15) is 19.4 Å². The third kappa shape index (κ3) is 4.87. The summed E-state index contributed by atoms with van der Waals surface area (Å²) in [6, 6.07) is 5.39. The molecule has 1 saturated heterocycles. The number of nitrogens with one attached hydrogen (secondary N) is 1. The van der Waals surface area contributed by atoms with Gasteiger partial charge in [-0.15, -0.1) is 0 Å². The molecule has 1 fully saturated rings. The number of β-amino-alcohol motifs (C(OH)–C–C–N with tert-alkyl or cyclic N) is 1. The summed E-state index contributed by atoms with van der Waals surface area (Å²) in [5, 5.41) is 13.4. The summed E-state index contributed by atoms with van der Waals surface area (Å²) in [5.41, 5.74) is 0.989. The van der Waals surface area contributed by atoms with Crippen LogP contribution < -0.4 is 5.32 Å². The van der Waals surface area contributed by atoms with Gasteiger partial charge in [0.1, 0.15) is 0 Å². The number of benzene rings is 1. The standard InChI is InChI=1S/C16H24ClN3O2/c1-12-4-5-13(10-14(12)17)18-15(21)20-8-6-19(7-9-20)11-16(2,3)22/h4-5,10,22H,6-9,11H2,1-3H3,(H,18,21). The zero-order valence-corrected chi connectivity index (χ0v) is 14.2. The zero-order valence-electron chi connectivity index (χ0n) is 13.4. The maximum absolute atomic E-state index is 12.3. The van der Waals surface area contributed by atoms with Gasteiger partial charge in [0, 0.05) is 43.4 Å². The summed E-state index contributed by atoms with van der Waals surface area (Å²) in [7, 11) is 0. The van der Waals surface area contributed by atoms with Crippen LogP contribution in [0.15, 0.2) is 18.2 Å². The van der Waals surface area contributed by atoms with E-state index < -0.39 is 5.60 Å². The van der Waals surface area contributed by atoms with Crippen LogP contribution in [0.25, 0.3) is 0 Å². The van der Waals surface area contributed by atoms with Gasteiger partial charge in [-0.05, 0) is 38.5 Å². The molecule has 2 N–H and O–H groups in total. The number of amides is 2. The van der Waals surface area contributed by atoms with Gasteiger partial charge in [-0.2, -0.15) is 0 Å². The molecule has 0 aromatic heterocycles. The summed E-state index contributed by atoms with van der Waals surface area (Å²) >= 11 is 6.07. The first-order valence-electron chi connectivity index (χ1n) is 7.51. The molecule has 5 nitrogen and oxygen atoms in total. The Kier molecular flexibility index (Phi) is 5.32. The third-order valence-corrected chi connectivity index (χ3v) is 4.10. The lowest BCUT2D eigenvalue weighted by atomic mass is 10.1. The van der Waals surface area contributed by atoms with Crippen LogP contribution in [0.4, 0.5) is 10.5 Å². The molecule has 22 heavy (non-hydrogen) atoms. The number of aryl methyl sites for hydroxylation is 1. The Morgan fingerprint density at radius 2 is 1.95 bits per heavy atom. The van der Waals surface area contributed by atoms with Gasteiger partial charge in [0.25, 0.3) is 0 Å². The number of rotatable bonds is 3. The Labute approximate surface area is 136 Å². The normalized spacial score (nSPS) is 16.7. The Morgan fingerprint density at radius 3 is 2.50 bits per heavy atom. The van der Waals surface area contributed by atoms with E-state index in [9.17, 15) is 9.90 Å². The molecule has 1 aromatic rings. The molecule has 0 aliphatic carbocycles. The van der Waals surface area contributed by atoms with Crippen molar-refractivity contribution in [1.82, 2.24) is 9.80 Å². The molecule has 6 heteroatoms. The van der Waals surface area contributed by atoms with Gasteiger partial charge in [0.2, 0.25) is 0 Å². The van der Waals surface area contributed by atoms with Crippen LogP contribution in [-0.4, -0.2) is 59.3 Å². The monoisotopic (exact) mass is 325 g/mol. The zero-order chi connectivity index (χ0) is 16.3.